The maximum absolute atomic E-state index is 13.6. The molecule has 4 nitrogen and oxygen atoms in total. The van der Waals surface area contributed by atoms with Gasteiger partial charge in [0.05, 0.1) is 12.7 Å². The summed E-state index contributed by atoms with van der Waals surface area (Å²) in [6.45, 7) is 5.24. The van der Waals surface area contributed by atoms with Gasteiger partial charge in [-0.05, 0) is 32.4 Å². The minimum atomic E-state index is -0.888. The van der Waals surface area contributed by atoms with E-state index in [1.807, 2.05) is 0 Å². The first-order valence-electron chi connectivity index (χ1n) is 6.30. The predicted molar refractivity (Wildman–Crippen MR) is 68.4 cm³/mol. The van der Waals surface area contributed by atoms with Crippen molar-refractivity contribution < 1.29 is 23.8 Å². The fourth-order valence-corrected chi connectivity index (χ4v) is 1.62. The summed E-state index contributed by atoms with van der Waals surface area (Å²) in [5, 5.41) is 9.33. The summed E-state index contributed by atoms with van der Waals surface area (Å²) >= 11 is 0. The van der Waals surface area contributed by atoms with Crippen molar-refractivity contribution in [2.45, 2.75) is 39.4 Å². The number of hydrogen-bond acceptors (Lipinski definition) is 4. The van der Waals surface area contributed by atoms with Gasteiger partial charge in [-0.2, -0.15) is 0 Å². The fourth-order valence-electron chi connectivity index (χ4n) is 1.62. The topological polar surface area (TPSA) is 55.8 Å². The molecule has 0 amide bonds. The number of esters is 1. The summed E-state index contributed by atoms with van der Waals surface area (Å²) in [4.78, 5) is 11.6. The van der Waals surface area contributed by atoms with Gasteiger partial charge in [-0.25, -0.2) is 9.18 Å². The molecule has 0 saturated heterocycles. The van der Waals surface area contributed by atoms with Crippen molar-refractivity contribution in [1.82, 2.24) is 0 Å². The van der Waals surface area contributed by atoms with Crippen LogP contribution in [0.1, 0.15) is 38.9 Å². The third kappa shape index (κ3) is 4.21. The number of carbonyl (C=O) groups excluding carboxylic acids is 1. The lowest BCUT2D eigenvalue weighted by Gasteiger charge is -2.16. The monoisotopic (exact) mass is 270 g/mol. The molecule has 0 aliphatic carbocycles. The number of aliphatic hydroxyl groups excluding tert-OH is 1. The fraction of sp³-hybridized carbons (Fsp3) is 0.500. The number of ether oxygens (including phenoxy) is 2. The minimum Gasteiger partial charge on any atom is -0.479 e. The Morgan fingerprint density at radius 1 is 1.42 bits per heavy atom. The number of benzene rings is 1. The SMILES string of the molecule is CCOC(=O)C(CC)Oc1ccc(C(C)O)c(F)c1. The molecule has 2 unspecified atom stereocenters. The Bertz CT molecular complexity index is 431. The maximum atomic E-state index is 13.6. The predicted octanol–water partition coefficient (Wildman–Crippen LogP) is 2.60. The third-order valence-corrected chi connectivity index (χ3v) is 2.62. The highest BCUT2D eigenvalue weighted by atomic mass is 19.1. The molecule has 19 heavy (non-hydrogen) atoms. The van der Waals surface area contributed by atoms with Crippen LogP contribution in [0.5, 0.6) is 5.75 Å². The van der Waals surface area contributed by atoms with Crippen molar-refractivity contribution >= 4 is 5.97 Å². The Labute approximate surface area is 112 Å². The van der Waals surface area contributed by atoms with Crippen LogP contribution in [0.25, 0.3) is 0 Å². The molecular formula is C14H19FO4. The molecule has 0 fully saturated rings. The largest absolute Gasteiger partial charge is 0.479 e. The second kappa shape index (κ2) is 7.09. The molecule has 0 aliphatic rings. The van der Waals surface area contributed by atoms with Gasteiger partial charge in [0, 0.05) is 11.6 Å². The van der Waals surface area contributed by atoms with E-state index in [2.05, 4.69) is 0 Å². The van der Waals surface area contributed by atoms with E-state index in [9.17, 15) is 14.3 Å². The zero-order valence-electron chi connectivity index (χ0n) is 11.4. The van der Waals surface area contributed by atoms with E-state index >= 15 is 0 Å². The van der Waals surface area contributed by atoms with E-state index in [0.29, 0.717) is 6.42 Å². The maximum Gasteiger partial charge on any atom is 0.347 e. The summed E-state index contributed by atoms with van der Waals surface area (Å²) in [6, 6.07) is 4.12. The van der Waals surface area contributed by atoms with Crippen LogP contribution in [0.2, 0.25) is 0 Å². The highest BCUT2D eigenvalue weighted by Crippen LogP contribution is 2.23. The molecule has 0 spiro atoms. The summed E-state index contributed by atoms with van der Waals surface area (Å²) in [7, 11) is 0. The lowest BCUT2D eigenvalue weighted by atomic mass is 10.1. The first kappa shape index (κ1) is 15.4. The van der Waals surface area contributed by atoms with E-state index < -0.39 is 24.0 Å². The molecule has 1 aromatic rings. The van der Waals surface area contributed by atoms with Gasteiger partial charge < -0.3 is 14.6 Å². The number of hydrogen-bond donors (Lipinski definition) is 1. The first-order chi connectivity index (χ1) is 8.99. The van der Waals surface area contributed by atoms with Crippen LogP contribution >= 0.6 is 0 Å². The van der Waals surface area contributed by atoms with Crippen LogP contribution in [0.15, 0.2) is 18.2 Å². The molecule has 106 valence electrons. The molecular weight excluding hydrogens is 251 g/mol. The van der Waals surface area contributed by atoms with Gasteiger partial charge in [0.25, 0.3) is 0 Å². The number of aliphatic hydroxyl groups is 1. The molecule has 5 heteroatoms. The smallest absolute Gasteiger partial charge is 0.347 e. The highest BCUT2D eigenvalue weighted by molar-refractivity contribution is 5.75. The van der Waals surface area contributed by atoms with Gasteiger partial charge in [0.15, 0.2) is 6.10 Å². The molecule has 1 aromatic carbocycles. The Morgan fingerprint density at radius 2 is 2.11 bits per heavy atom. The van der Waals surface area contributed by atoms with Crippen molar-refractivity contribution in [2.24, 2.45) is 0 Å². The number of rotatable bonds is 6. The first-order valence-corrected chi connectivity index (χ1v) is 6.30. The molecule has 0 saturated carbocycles. The minimum absolute atomic E-state index is 0.191. The van der Waals surface area contributed by atoms with Crippen LogP contribution in [0.4, 0.5) is 4.39 Å². The zero-order valence-corrected chi connectivity index (χ0v) is 11.4. The lowest BCUT2D eigenvalue weighted by Crippen LogP contribution is -2.28. The van der Waals surface area contributed by atoms with Gasteiger partial charge in [-0.3, -0.25) is 0 Å². The zero-order chi connectivity index (χ0) is 14.4. The van der Waals surface area contributed by atoms with Crippen LogP contribution < -0.4 is 4.74 Å². The van der Waals surface area contributed by atoms with Crippen LogP contribution in [-0.4, -0.2) is 23.8 Å². The molecule has 1 N–H and O–H groups in total. The quantitative estimate of drug-likeness (QED) is 0.807. The summed E-state index contributed by atoms with van der Waals surface area (Å²) in [6.07, 6.45) is -1.21. The molecule has 0 bridgehead atoms. The third-order valence-electron chi connectivity index (χ3n) is 2.62. The molecule has 0 radical (unpaired) electrons. The van der Waals surface area contributed by atoms with Crippen molar-refractivity contribution in [2.75, 3.05) is 6.61 Å². The molecule has 1 rings (SSSR count). The van der Waals surface area contributed by atoms with Crippen LogP contribution in [-0.2, 0) is 9.53 Å². The van der Waals surface area contributed by atoms with Gasteiger partial charge in [0.2, 0.25) is 0 Å². The summed E-state index contributed by atoms with van der Waals surface area (Å²) < 4.78 is 23.9. The molecule has 2 atom stereocenters. The lowest BCUT2D eigenvalue weighted by molar-refractivity contribution is -0.151. The normalized spacial score (nSPS) is 13.7. The Kier molecular flexibility index (Phi) is 5.76. The van der Waals surface area contributed by atoms with E-state index in [1.54, 1.807) is 13.8 Å². The molecule has 0 heterocycles. The van der Waals surface area contributed by atoms with E-state index in [-0.39, 0.29) is 17.9 Å². The van der Waals surface area contributed by atoms with Crippen molar-refractivity contribution in [3.05, 3.63) is 29.6 Å². The van der Waals surface area contributed by atoms with Gasteiger partial charge in [0.1, 0.15) is 11.6 Å². The van der Waals surface area contributed by atoms with Crippen molar-refractivity contribution in [3.8, 4) is 5.75 Å². The highest BCUT2D eigenvalue weighted by Gasteiger charge is 2.20. The Morgan fingerprint density at radius 3 is 2.58 bits per heavy atom. The average Bonchev–Trinajstić information content (AvgIpc) is 2.35. The number of carbonyl (C=O) groups is 1. The van der Waals surface area contributed by atoms with Crippen LogP contribution in [0, 0.1) is 5.82 Å². The van der Waals surface area contributed by atoms with E-state index in [4.69, 9.17) is 9.47 Å². The standard InChI is InChI=1S/C14H19FO4/c1-4-13(14(17)18-5-2)19-10-6-7-11(9(3)16)12(15)8-10/h6-9,13,16H,4-5H2,1-3H3. The van der Waals surface area contributed by atoms with Gasteiger partial charge >= 0.3 is 5.97 Å². The van der Waals surface area contributed by atoms with Crippen molar-refractivity contribution in [3.63, 3.8) is 0 Å². The van der Waals surface area contributed by atoms with E-state index in [0.717, 1.165) is 6.07 Å². The van der Waals surface area contributed by atoms with Gasteiger partial charge in [-0.15, -0.1) is 0 Å². The summed E-state index contributed by atoms with van der Waals surface area (Å²) in [5.41, 5.74) is 0.191. The average molecular weight is 270 g/mol. The van der Waals surface area contributed by atoms with E-state index in [1.165, 1.54) is 19.1 Å². The van der Waals surface area contributed by atoms with Gasteiger partial charge in [-0.1, -0.05) is 6.92 Å². The molecule has 0 aliphatic heterocycles. The number of halogens is 1. The Balaban J connectivity index is 2.81. The molecule has 0 aromatic heterocycles. The van der Waals surface area contributed by atoms with Crippen molar-refractivity contribution in [1.29, 1.82) is 0 Å². The van der Waals surface area contributed by atoms with Crippen LogP contribution in [0.3, 0.4) is 0 Å². The summed E-state index contributed by atoms with van der Waals surface area (Å²) in [5.74, 6) is -0.793. The second-order valence-electron chi connectivity index (χ2n) is 4.13. The second-order valence-corrected chi connectivity index (χ2v) is 4.13. The Hall–Kier alpha value is -1.62.